The van der Waals surface area contributed by atoms with Gasteiger partial charge in [-0.05, 0) is 39.3 Å². The Balaban J connectivity index is 2.04. The largest absolute Gasteiger partial charge is 0.459 e. The fourth-order valence-electron chi connectivity index (χ4n) is 3.51. The van der Waals surface area contributed by atoms with Gasteiger partial charge in [0.1, 0.15) is 0 Å². The Morgan fingerprint density at radius 3 is 2.50 bits per heavy atom. The summed E-state index contributed by atoms with van der Waals surface area (Å²) in [5, 5.41) is 0. The zero-order valence-corrected chi connectivity index (χ0v) is 15.2. The van der Waals surface area contributed by atoms with Crippen LogP contribution in [0, 0.1) is 6.92 Å². The van der Waals surface area contributed by atoms with Gasteiger partial charge in [0.25, 0.3) is 0 Å². The summed E-state index contributed by atoms with van der Waals surface area (Å²) in [5.74, 6) is -0.246. The Labute approximate surface area is 142 Å². The second kappa shape index (κ2) is 6.61. The Morgan fingerprint density at radius 1 is 1.25 bits per heavy atom. The first kappa shape index (κ1) is 17.0. The molecule has 1 atom stereocenters. The number of aromatic nitrogens is 2. The Bertz CT molecular complexity index is 738. The van der Waals surface area contributed by atoms with Crippen molar-refractivity contribution in [2.45, 2.75) is 39.8 Å². The Hall–Kier alpha value is -1.79. The molecule has 24 heavy (non-hydrogen) atoms. The van der Waals surface area contributed by atoms with E-state index in [4.69, 9.17) is 9.47 Å². The standard InChI is InChI=1S/C18H27N3O3/c1-12(2)24-18(22)16-10-15-11-19(5)21(15)17(13(16)3)14(4)20-6-8-23-9-7-20/h10-12,14H,6-9H2,1-5H3. The smallest absolute Gasteiger partial charge is 0.338 e. The topological polar surface area (TPSA) is 48.1 Å². The molecule has 0 radical (unpaired) electrons. The van der Waals surface area contributed by atoms with E-state index in [-0.39, 0.29) is 18.1 Å². The zero-order chi connectivity index (χ0) is 17.4. The van der Waals surface area contributed by atoms with E-state index < -0.39 is 0 Å². The lowest BCUT2D eigenvalue weighted by Gasteiger charge is -2.35. The van der Waals surface area contributed by atoms with Crippen LogP contribution in [0.1, 0.15) is 48.4 Å². The van der Waals surface area contributed by atoms with Gasteiger partial charge in [0.2, 0.25) is 0 Å². The Morgan fingerprint density at radius 2 is 1.92 bits per heavy atom. The van der Waals surface area contributed by atoms with Crippen LogP contribution in [0.2, 0.25) is 0 Å². The number of carbonyl (C=O) groups excluding carboxylic acids is 1. The number of esters is 1. The maximum absolute atomic E-state index is 12.5. The molecule has 0 aromatic carbocycles. The van der Waals surface area contributed by atoms with Crippen LogP contribution in [0.15, 0.2) is 12.3 Å². The second-order valence-electron chi connectivity index (χ2n) is 6.79. The summed E-state index contributed by atoms with van der Waals surface area (Å²) in [6.07, 6.45) is 1.91. The molecule has 132 valence electrons. The van der Waals surface area contributed by atoms with Crippen LogP contribution in [-0.2, 0) is 16.5 Å². The number of pyridine rings is 1. The van der Waals surface area contributed by atoms with E-state index >= 15 is 0 Å². The number of aryl methyl sites for hydroxylation is 1. The third-order valence-corrected chi connectivity index (χ3v) is 4.74. The van der Waals surface area contributed by atoms with Crippen LogP contribution in [0.4, 0.5) is 0 Å². The third-order valence-electron chi connectivity index (χ3n) is 4.74. The minimum absolute atomic E-state index is 0.123. The van der Waals surface area contributed by atoms with Gasteiger partial charge in [0.15, 0.2) is 0 Å². The van der Waals surface area contributed by atoms with Crippen molar-refractivity contribution < 1.29 is 14.3 Å². The molecule has 1 fully saturated rings. The number of nitrogens with zero attached hydrogens (tertiary/aromatic N) is 3. The van der Waals surface area contributed by atoms with Crippen molar-refractivity contribution in [1.29, 1.82) is 0 Å². The summed E-state index contributed by atoms with van der Waals surface area (Å²) in [6.45, 7) is 11.3. The quantitative estimate of drug-likeness (QED) is 0.807. The van der Waals surface area contributed by atoms with Crippen molar-refractivity contribution in [3.63, 3.8) is 0 Å². The average molecular weight is 333 g/mol. The van der Waals surface area contributed by atoms with Gasteiger partial charge < -0.3 is 9.47 Å². The number of ether oxygens (including phenoxy) is 2. The predicted octanol–water partition coefficient (Wildman–Crippen LogP) is 2.54. The van der Waals surface area contributed by atoms with E-state index in [0.717, 1.165) is 43.1 Å². The van der Waals surface area contributed by atoms with E-state index in [1.165, 1.54) is 0 Å². The first-order valence-corrected chi connectivity index (χ1v) is 8.60. The molecular formula is C18H27N3O3. The SMILES string of the molecule is Cc1c(C(=O)OC(C)C)cc2cn(C)n2c1C(C)N1CCOCC1. The van der Waals surface area contributed by atoms with Gasteiger partial charge in [-0.2, -0.15) is 0 Å². The number of fused-ring (bicyclic) bond motifs is 1. The molecule has 1 saturated heterocycles. The highest BCUT2D eigenvalue weighted by Gasteiger charge is 2.27. The first-order chi connectivity index (χ1) is 11.4. The molecular weight excluding hydrogens is 306 g/mol. The van der Waals surface area contributed by atoms with E-state index in [1.54, 1.807) is 0 Å². The van der Waals surface area contributed by atoms with Gasteiger partial charge in [-0.3, -0.25) is 14.1 Å². The van der Waals surface area contributed by atoms with Crippen LogP contribution in [0.3, 0.4) is 0 Å². The summed E-state index contributed by atoms with van der Waals surface area (Å²) in [7, 11) is 2.02. The van der Waals surface area contributed by atoms with Crippen LogP contribution >= 0.6 is 0 Å². The van der Waals surface area contributed by atoms with Crippen molar-refractivity contribution >= 4 is 11.5 Å². The minimum Gasteiger partial charge on any atom is -0.459 e. The highest BCUT2D eigenvalue weighted by Crippen LogP contribution is 2.29. The normalized spacial score (nSPS) is 17.6. The molecule has 2 aromatic heterocycles. The van der Waals surface area contributed by atoms with Crippen molar-refractivity contribution in [1.82, 2.24) is 14.1 Å². The van der Waals surface area contributed by atoms with Crippen molar-refractivity contribution in [3.8, 4) is 0 Å². The van der Waals surface area contributed by atoms with E-state index in [9.17, 15) is 4.79 Å². The van der Waals surface area contributed by atoms with Crippen molar-refractivity contribution in [3.05, 3.63) is 29.1 Å². The Kier molecular flexibility index (Phi) is 4.69. The third kappa shape index (κ3) is 2.96. The summed E-state index contributed by atoms with van der Waals surface area (Å²) in [6, 6.07) is 2.13. The van der Waals surface area contributed by atoms with Crippen LogP contribution in [-0.4, -0.2) is 52.5 Å². The molecule has 0 bridgehead atoms. The second-order valence-corrected chi connectivity index (χ2v) is 6.79. The molecule has 1 aliphatic rings. The monoisotopic (exact) mass is 333 g/mol. The van der Waals surface area contributed by atoms with Crippen LogP contribution in [0.25, 0.3) is 5.52 Å². The van der Waals surface area contributed by atoms with Gasteiger partial charge in [0, 0.05) is 32.4 Å². The highest BCUT2D eigenvalue weighted by molar-refractivity contribution is 5.93. The van der Waals surface area contributed by atoms with Gasteiger partial charge in [-0.1, -0.05) is 0 Å². The predicted molar refractivity (Wildman–Crippen MR) is 92.5 cm³/mol. The lowest BCUT2D eigenvalue weighted by atomic mass is 10.0. The van der Waals surface area contributed by atoms with Crippen LogP contribution < -0.4 is 0 Å². The average Bonchev–Trinajstić information content (AvgIpc) is 2.54. The molecule has 0 saturated carbocycles. The highest BCUT2D eigenvalue weighted by atomic mass is 16.5. The lowest BCUT2D eigenvalue weighted by molar-refractivity contribution is 0.0181. The molecule has 3 rings (SSSR count). The molecule has 0 spiro atoms. The number of hydrogen-bond acceptors (Lipinski definition) is 4. The molecule has 0 amide bonds. The number of carbonyl (C=O) groups is 1. The molecule has 2 aromatic rings. The maximum atomic E-state index is 12.5. The molecule has 6 nitrogen and oxygen atoms in total. The fraction of sp³-hybridized carbons (Fsp3) is 0.611. The fourth-order valence-corrected chi connectivity index (χ4v) is 3.51. The summed E-state index contributed by atoms with van der Waals surface area (Å²) in [5.41, 5.74) is 3.83. The molecule has 0 aliphatic carbocycles. The van der Waals surface area contributed by atoms with Gasteiger partial charge in [-0.25, -0.2) is 4.79 Å². The summed E-state index contributed by atoms with van der Waals surface area (Å²) >= 11 is 0. The lowest BCUT2D eigenvalue weighted by Crippen LogP contribution is -2.39. The van der Waals surface area contributed by atoms with E-state index in [0.29, 0.717) is 5.56 Å². The molecule has 3 heterocycles. The maximum Gasteiger partial charge on any atom is 0.338 e. The molecule has 0 N–H and O–H groups in total. The van der Waals surface area contributed by atoms with E-state index in [1.807, 2.05) is 40.1 Å². The van der Waals surface area contributed by atoms with Gasteiger partial charge in [0.05, 0.1) is 36.1 Å². The van der Waals surface area contributed by atoms with Gasteiger partial charge in [-0.15, -0.1) is 0 Å². The number of rotatable bonds is 4. The number of morpholine rings is 1. The first-order valence-electron chi connectivity index (χ1n) is 8.60. The summed E-state index contributed by atoms with van der Waals surface area (Å²) < 4.78 is 15.1. The summed E-state index contributed by atoms with van der Waals surface area (Å²) in [4.78, 5) is 14.9. The van der Waals surface area contributed by atoms with Crippen molar-refractivity contribution in [2.24, 2.45) is 7.05 Å². The van der Waals surface area contributed by atoms with Gasteiger partial charge >= 0.3 is 5.97 Å². The van der Waals surface area contributed by atoms with Crippen molar-refractivity contribution in [2.75, 3.05) is 26.3 Å². The van der Waals surface area contributed by atoms with Crippen LogP contribution in [0.5, 0.6) is 0 Å². The van der Waals surface area contributed by atoms with E-state index in [2.05, 4.69) is 21.0 Å². The zero-order valence-electron chi connectivity index (χ0n) is 15.2. The molecule has 1 aliphatic heterocycles. The minimum atomic E-state index is -0.246. The molecule has 6 heteroatoms. The number of hydrogen-bond donors (Lipinski definition) is 0. The molecule has 1 unspecified atom stereocenters.